The van der Waals surface area contributed by atoms with E-state index in [1.807, 2.05) is 48.5 Å². The number of hydrogen-bond donors (Lipinski definition) is 2. The summed E-state index contributed by atoms with van der Waals surface area (Å²) in [5.74, 6) is 0. The molecule has 36 heavy (non-hydrogen) atoms. The van der Waals surface area contributed by atoms with Crippen LogP contribution in [0.5, 0.6) is 0 Å². The quantitative estimate of drug-likeness (QED) is 0.469. The molecule has 1 saturated heterocycles. The Bertz CT molecular complexity index is 1250. The fourth-order valence-electron chi connectivity index (χ4n) is 4.87. The molecule has 0 aromatic heterocycles. The van der Waals surface area contributed by atoms with Crippen LogP contribution in [0.4, 0.5) is 5.69 Å². The smallest absolute Gasteiger partial charge is 0.0991 e. The van der Waals surface area contributed by atoms with Gasteiger partial charge in [0.1, 0.15) is 0 Å². The van der Waals surface area contributed by atoms with Gasteiger partial charge in [-0.25, -0.2) is 0 Å². The van der Waals surface area contributed by atoms with E-state index in [-0.39, 0.29) is 25.3 Å². The molecule has 1 aliphatic rings. The fourth-order valence-corrected chi connectivity index (χ4v) is 5.19. The highest BCUT2D eigenvalue weighted by Gasteiger charge is 2.33. The van der Waals surface area contributed by atoms with E-state index >= 15 is 0 Å². The topological polar surface area (TPSA) is 94.5 Å². The van der Waals surface area contributed by atoms with E-state index in [4.69, 9.17) is 22.0 Å². The first-order valence-corrected chi connectivity index (χ1v) is 12.5. The average molecular weight is 501 g/mol. The minimum atomic E-state index is -0.197. The molecule has 3 aromatic carbocycles. The third-order valence-corrected chi connectivity index (χ3v) is 7.12. The van der Waals surface area contributed by atoms with Gasteiger partial charge < -0.3 is 15.1 Å². The zero-order valence-electron chi connectivity index (χ0n) is 20.0. The lowest BCUT2D eigenvalue weighted by Crippen LogP contribution is -2.50. The molecule has 184 valence electrons. The van der Waals surface area contributed by atoms with Gasteiger partial charge in [0.05, 0.1) is 52.7 Å². The number of aryl methyl sites for hydroxylation is 1. The molecule has 0 saturated carbocycles. The fraction of sp³-hybridized carbons (Fsp3) is 0.310. The number of hydrogen-bond acceptors (Lipinski definition) is 6. The van der Waals surface area contributed by atoms with Crippen molar-refractivity contribution in [1.82, 2.24) is 4.90 Å². The van der Waals surface area contributed by atoms with Gasteiger partial charge in [0.2, 0.25) is 0 Å². The molecule has 1 aliphatic heterocycles. The van der Waals surface area contributed by atoms with Gasteiger partial charge in [-0.3, -0.25) is 4.90 Å². The van der Waals surface area contributed by atoms with Crippen molar-refractivity contribution in [2.75, 3.05) is 37.7 Å². The van der Waals surface area contributed by atoms with E-state index in [2.05, 4.69) is 28.0 Å². The highest BCUT2D eigenvalue weighted by molar-refractivity contribution is 6.33. The van der Waals surface area contributed by atoms with Crippen molar-refractivity contribution < 1.29 is 10.2 Å². The van der Waals surface area contributed by atoms with Gasteiger partial charge in [-0.2, -0.15) is 10.5 Å². The predicted octanol–water partition coefficient (Wildman–Crippen LogP) is 4.61. The van der Waals surface area contributed by atoms with Gasteiger partial charge in [0, 0.05) is 26.2 Å². The largest absolute Gasteiger partial charge is 0.396 e. The second-order valence-corrected chi connectivity index (χ2v) is 9.39. The number of aliphatic hydroxyl groups excluding tert-OH is 2. The maximum Gasteiger partial charge on any atom is 0.0991 e. The van der Waals surface area contributed by atoms with Crippen LogP contribution in [-0.2, 0) is 6.42 Å². The van der Waals surface area contributed by atoms with Gasteiger partial charge in [-0.15, -0.1) is 0 Å². The zero-order chi connectivity index (χ0) is 25.5. The summed E-state index contributed by atoms with van der Waals surface area (Å²) in [5.41, 5.74) is 5.26. The van der Waals surface area contributed by atoms with Crippen molar-refractivity contribution in [3.8, 4) is 12.1 Å². The Morgan fingerprint density at radius 3 is 2.17 bits per heavy atom. The maximum atomic E-state index is 10.3. The standard InChI is InChI=1S/C29H29ClN4O2/c30-26-16-21(2-1-15-35)7-12-27(26)34-14-13-33(19-28(34)24-8-3-22(17-31)4-9-24)29(20-36)25-10-5-23(18-32)6-11-25/h3-12,16,28-29,35-36H,1-2,13-15,19-20H2/t28-,29+/m0/s1. The number of piperazine rings is 1. The van der Waals surface area contributed by atoms with Gasteiger partial charge in [-0.1, -0.05) is 41.9 Å². The van der Waals surface area contributed by atoms with E-state index in [1.165, 1.54) is 0 Å². The van der Waals surface area contributed by atoms with Crippen LogP contribution in [0.15, 0.2) is 66.7 Å². The molecule has 2 N–H and O–H groups in total. The Morgan fingerprint density at radius 1 is 0.917 bits per heavy atom. The summed E-state index contributed by atoms with van der Waals surface area (Å²) in [5, 5.41) is 38.5. The van der Waals surface area contributed by atoms with Crippen molar-refractivity contribution in [3.05, 3.63) is 99.6 Å². The van der Waals surface area contributed by atoms with Gasteiger partial charge in [-0.05, 0) is 65.9 Å². The van der Waals surface area contributed by atoms with Gasteiger partial charge in [0.25, 0.3) is 0 Å². The number of nitrogens with zero attached hydrogens (tertiary/aromatic N) is 4. The molecule has 0 radical (unpaired) electrons. The van der Waals surface area contributed by atoms with Crippen molar-refractivity contribution in [2.45, 2.75) is 24.9 Å². The van der Waals surface area contributed by atoms with Crippen molar-refractivity contribution in [3.63, 3.8) is 0 Å². The molecule has 0 bridgehead atoms. The summed E-state index contributed by atoms with van der Waals surface area (Å²) in [7, 11) is 0. The van der Waals surface area contributed by atoms with Crippen molar-refractivity contribution >= 4 is 17.3 Å². The van der Waals surface area contributed by atoms with E-state index in [1.54, 1.807) is 12.1 Å². The maximum absolute atomic E-state index is 10.3. The van der Waals surface area contributed by atoms with Crippen molar-refractivity contribution in [1.29, 1.82) is 10.5 Å². The highest BCUT2D eigenvalue weighted by Crippen LogP contribution is 2.38. The first-order valence-electron chi connectivity index (χ1n) is 12.1. The third-order valence-electron chi connectivity index (χ3n) is 6.82. The van der Waals surface area contributed by atoms with Crippen LogP contribution < -0.4 is 4.90 Å². The summed E-state index contributed by atoms with van der Waals surface area (Å²) < 4.78 is 0. The molecular formula is C29H29ClN4O2. The summed E-state index contributed by atoms with van der Waals surface area (Å²) >= 11 is 6.77. The minimum absolute atomic E-state index is 0.0354. The number of anilines is 1. The number of benzene rings is 3. The SMILES string of the molecule is N#Cc1ccc([C@@H](CO)N2CCN(c3ccc(CCCO)cc3Cl)[C@H](c3ccc(C#N)cc3)C2)cc1. The van der Waals surface area contributed by atoms with Crippen LogP contribution >= 0.6 is 11.6 Å². The predicted molar refractivity (Wildman–Crippen MR) is 141 cm³/mol. The van der Waals surface area contributed by atoms with Crippen LogP contribution in [0.1, 0.15) is 46.3 Å². The van der Waals surface area contributed by atoms with Gasteiger partial charge in [0.15, 0.2) is 0 Å². The lowest BCUT2D eigenvalue weighted by molar-refractivity contribution is 0.103. The molecule has 4 rings (SSSR count). The molecule has 0 amide bonds. The summed E-state index contributed by atoms with van der Waals surface area (Å²) in [4.78, 5) is 4.56. The number of halogens is 1. The monoisotopic (exact) mass is 500 g/mol. The number of nitriles is 2. The lowest BCUT2D eigenvalue weighted by atomic mass is 9.96. The van der Waals surface area contributed by atoms with E-state index in [9.17, 15) is 10.4 Å². The third kappa shape index (κ3) is 5.70. The molecule has 3 aromatic rings. The van der Waals surface area contributed by atoms with Crippen LogP contribution in [-0.4, -0.2) is 48.0 Å². The van der Waals surface area contributed by atoms with Crippen LogP contribution in [0.3, 0.4) is 0 Å². The molecule has 0 unspecified atom stereocenters. The summed E-state index contributed by atoms with van der Waals surface area (Å²) in [6.45, 7) is 2.19. The van der Waals surface area contributed by atoms with Crippen LogP contribution in [0, 0.1) is 22.7 Å². The van der Waals surface area contributed by atoms with E-state index < -0.39 is 0 Å². The lowest BCUT2D eigenvalue weighted by Gasteiger charge is -2.46. The Kier molecular flexibility index (Phi) is 8.59. The first-order chi connectivity index (χ1) is 17.6. The molecule has 0 aliphatic carbocycles. The second kappa shape index (κ2) is 12.0. The second-order valence-electron chi connectivity index (χ2n) is 8.98. The molecule has 1 heterocycles. The minimum Gasteiger partial charge on any atom is -0.396 e. The van der Waals surface area contributed by atoms with E-state index in [0.29, 0.717) is 35.7 Å². The Morgan fingerprint density at radius 2 is 1.58 bits per heavy atom. The first kappa shape index (κ1) is 25.7. The van der Waals surface area contributed by atoms with Crippen LogP contribution in [0.2, 0.25) is 5.02 Å². The van der Waals surface area contributed by atoms with Crippen LogP contribution in [0.25, 0.3) is 0 Å². The Balaban J connectivity index is 1.65. The van der Waals surface area contributed by atoms with Crippen molar-refractivity contribution in [2.24, 2.45) is 0 Å². The molecule has 7 heteroatoms. The van der Waals surface area contributed by atoms with E-state index in [0.717, 1.165) is 35.3 Å². The molecule has 0 spiro atoms. The summed E-state index contributed by atoms with van der Waals surface area (Å²) in [6, 6.07) is 25.2. The Labute approximate surface area is 217 Å². The molecule has 6 nitrogen and oxygen atoms in total. The average Bonchev–Trinajstić information content (AvgIpc) is 2.93. The Hall–Kier alpha value is -3.39. The zero-order valence-corrected chi connectivity index (χ0v) is 20.8. The normalized spacial score (nSPS) is 16.8. The molecule has 2 atom stereocenters. The number of aliphatic hydroxyl groups is 2. The highest BCUT2D eigenvalue weighted by atomic mass is 35.5. The molecule has 1 fully saturated rings. The number of rotatable bonds is 8. The van der Waals surface area contributed by atoms with Gasteiger partial charge >= 0.3 is 0 Å². The summed E-state index contributed by atoms with van der Waals surface area (Å²) in [6.07, 6.45) is 1.46. The molecular weight excluding hydrogens is 472 g/mol.